The first-order valence-corrected chi connectivity index (χ1v) is 8.01. The Labute approximate surface area is 143 Å². The molecule has 1 aliphatic heterocycles. The van der Waals surface area contributed by atoms with Crippen LogP contribution in [0.3, 0.4) is 0 Å². The lowest BCUT2D eigenvalue weighted by Gasteiger charge is -2.17. The van der Waals surface area contributed by atoms with Crippen molar-refractivity contribution < 1.29 is 18.0 Å². The quantitative estimate of drug-likeness (QED) is 0.923. The summed E-state index contributed by atoms with van der Waals surface area (Å²) in [4.78, 5) is 18.1. The number of benzene rings is 1. The Kier molecular flexibility index (Phi) is 5.03. The second-order valence-electron chi connectivity index (χ2n) is 6.12. The summed E-state index contributed by atoms with van der Waals surface area (Å²) in [7, 11) is 0. The first-order chi connectivity index (χ1) is 11.9. The highest BCUT2D eigenvalue weighted by Gasteiger charge is 2.30. The van der Waals surface area contributed by atoms with Gasteiger partial charge >= 0.3 is 6.18 Å². The second kappa shape index (κ2) is 7.23. The van der Waals surface area contributed by atoms with Crippen LogP contribution in [-0.2, 0) is 12.7 Å². The summed E-state index contributed by atoms with van der Waals surface area (Å²) in [5.41, 5.74) is 0.755. The molecule has 2 heterocycles. The minimum Gasteiger partial charge on any atom is -0.348 e. The number of hydrogen-bond acceptors (Lipinski definition) is 3. The minimum atomic E-state index is -4.31. The van der Waals surface area contributed by atoms with Crippen LogP contribution >= 0.6 is 0 Å². The van der Waals surface area contributed by atoms with E-state index in [1.807, 2.05) is 0 Å². The topological polar surface area (TPSA) is 45.2 Å². The van der Waals surface area contributed by atoms with E-state index in [0.717, 1.165) is 30.7 Å². The predicted octanol–water partition coefficient (Wildman–Crippen LogP) is 3.10. The van der Waals surface area contributed by atoms with Crippen molar-refractivity contribution in [3.05, 3.63) is 65.5 Å². The zero-order chi connectivity index (χ0) is 17.9. The van der Waals surface area contributed by atoms with Gasteiger partial charge in [-0.25, -0.2) is 0 Å². The molecule has 0 bridgehead atoms. The molecule has 132 valence electrons. The van der Waals surface area contributed by atoms with Crippen molar-refractivity contribution >= 4 is 5.91 Å². The minimum absolute atomic E-state index is 0.0371. The molecule has 1 aromatic carbocycles. The smallest absolute Gasteiger partial charge is 0.348 e. The molecule has 1 fully saturated rings. The van der Waals surface area contributed by atoms with Crippen LogP contribution < -0.4 is 5.32 Å². The number of nitrogens with zero attached hydrogens (tertiary/aromatic N) is 2. The number of aromatic nitrogens is 1. The van der Waals surface area contributed by atoms with Crippen molar-refractivity contribution in [2.24, 2.45) is 0 Å². The van der Waals surface area contributed by atoms with Crippen molar-refractivity contribution in [3.8, 4) is 0 Å². The number of likely N-dealkylation sites (tertiary alicyclic amines) is 1. The molecule has 1 atom stereocenters. The van der Waals surface area contributed by atoms with Crippen LogP contribution in [0.15, 0.2) is 48.8 Å². The van der Waals surface area contributed by atoms with Gasteiger partial charge in [-0.05, 0) is 36.2 Å². The Hall–Kier alpha value is -2.41. The molecule has 2 aromatic rings. The number of rotatable bonds is 4. The number of alkyl halides is 3. The number of hydrogen-bond donors (Lipinski definition) is 1. The van der Waals surface area contributed by atoms with Crippen molar-refractivity contribution in [1.82, 2.24) is 15.2 Å². The number of halogens is 3. The van der Waals surface area contributed by atoms with Gasteiger partial charge in [0.2, 0.25) is 0 Å². The number of carbonyl (C=O) groups excluding carboxylic acids is 1. The first-order valence-electron chi connectivity index (χ1n) is 8.01. The fraction of sp³-hybridized carbons (Fsp3) is 0.333. The largest absolute Gasteiger partial charge is 0.416 e. The van der Waals surface area contributed by atoms with Gasteiger partial charge in [0.05, 0.1) is 5.56 Å². The van der Waals surface area contributed by atoms with Gasteiger partial charge in [-0.2, -0.15) is 13.2 Å². The highest BCUT2D eigenvalue weighted by atomic mass is 19.4. The first kappa shape index (κ1) is 17.4. The Morgan fingerprint density at radius 3 is 2.48 bits per heavy atom. The van der Waals surface area contributed by atoms with Gasteiger partial charge in [-0.3, -0.25) is 14.7 Å². The third-order valence-electron chi connectivity index (χ3n) is 4.24. The van der Waals surface area contributed by atoms with E-state index in [-0.39, 0.29) is 11.9 Å². The molecular formula is C18H18F3N3O. The van der Waals surface area contributed by atoms with Gasteiger partial charge in [0.1, 0.15) is 0 Å². The molecule has 1 amide bonds. The molecule has 1 unspecified atom stereocenters. The van der Waals surface area contributed by atoms with Gasteiger partial charge in [0.15, 0.2) is 0 Å². The van der Waals surface area contributed by atoms with Gasteiger partial charge in [-0.15, -0.1) is 0 Å². The highest BCUT2D eigenvalue weighted by molar-refractivity contribution is 5.94. The lowest BCUT2D eigenvalue weighted by Crippen LogP contribution is -2.36. The van der Waals surface area contributed by atoms with E-state index in [4.69, 9.17) is 0 Å². The Morgan fingerprint density at radius 1 is 1.16 bits per heavy atom. The number of pyridine rings is 1. The summed E-state index contributed by atoms with van der Waals surface area (Å²) in [6.45, 7) is 2.04. The molecule has 25 heavy (non-hydrogen) atoms. The van der Waals surface area contributed by atoms with Crippen LogP contribution in [0.25, 0.3) is 0 Å². The van der Waals surface area contributed by atoms with Crippen molar-refractivity contribution in [3.63, 3.8) is 0 Å². The maximum atomic E-state index is 12.6. The van der Waals surface area contributed by atoms with Crippen LogP contribution in [0.4, 0.5) is 13.2 Å². The summed E-state index contributed by atoms with van der Waals surface area (Å²) >= 11 is 0. The van der Waals surface area contributed by atoms with Gasteiger partial charge in [-0.1, -0.05) is 12.1 Å². The van der Waals surface area contributed by atoms with Crippen LogP contribution in [0, 0.1) is 0 Å². The van der Waals surface area contributed by atoms with Crippen molar-refractivity contribution in [2.75, 3.05) is 13.1 Å². The summed E-state index contributed by atoms with van der Waals surface area (Å²) in [5.74, 6) is -0.135. The molecule has 3 rings (SSSR count). The van der Waals surface area contributed by atoms with Crippen molar-refractivity contribution in [1.29, 1.82) is 0 Å². The molecule has 0 spiro atoms. The Balaban J connectivity index is 1.52. The van der Waals surface area contributed by atoms with E-state index in [2.05, 4.69) is 15.2 Å². The third kappa shape index (κ3) is 4.57. The number of amides is 1. The van der Waals surface area contributed by atoms with Crippen LogP contribution in [0.5, 0.6) is 0 Å². The SMILES string of the molecule is O=C(NC1CCN(Cc2ccc(C(F)(F)F)cc2)C1)c1ccncc1. The van der Waals surface area contributed by atoms with E-state index in [9.17, 15) is 18.0 Å². The number of nitrogens with one attached hydrogen (secondary N) is 1. The average molecular weight is 349 g/mol. The Morgan fingerprint density at radius 2 is 1.84 bits per heavy atom. The van der Waals surface area contributed by atoms with E-state index in [1.165, 1.54) is 12.1 Å². The van der Waals surface area contributed by atoms with E-state index >= 15 is 0 Å². The van der Waals surface area contributed by atoms with Crippen LogP contribution in [0.1, 0.15) is 27.9 Å². The molecule has 4 nitrogen and oxygen atoms in total. The highest BCUT2D eigenvalue weighted by Crippen LogP contribution is 2.29. The molecule has 1 saturated heterocycles. The predicted molar refractivity (Wildman–Crippen MR) is 86.8 cm³/mol. The third-order valence-corrected chi connectivity index (χ3v) is 4.24. The zero-order valence-electron chi connectivity index (χ0n) is 13.5. The maximum Gasteiger partial charge on any atom is 0.416 e. The molecule has 1 aliphatic rings. The number of carbonyl (C=O) groups is 1. The fourth-order valence-electron chi connectivity index (χ4n) is 2.92. The summed E-state index contributed by atoms with van der Waals surface area (Å²) in [6, 6.07) is 8.57. The average Bonchev–Trinajstić information content (AvgIpc) is 3.02. The summed E-state index contributed by atoms with van der Waals surface area (Å²) in [5, 5.41) is 2.98. The summed E-state index contributed by atoms with van der Waals surface area (Å²) in [6.07, 6.45) is -0.354. The lowest BCUT2D eigenvalue weighted by atomic mass is 10.1. The van der Waals surface area contributed by atoms with Crippen LogP contribution in [0.2, 0.25) is 0 Å². The molecular weight excluding hydrogens is 331 g/mol. The van der Waals surface area contributed by atoms with Crippen LogP contribution in [-0.4, -0.2) is 34.9 Å². The maximum absolute atomic E-state index is 12.6. The molecule has 0 aliphatic carbocycles. The summed E-state index contributed by atoms with van der Waals surface area (Å²) < 4.78 is 37.7. The molecule has 7 heteroatoms. The monoisotopic (exact) mass is 349 g/mol. The molecule has 0 saturated carbocycles. The van der Waals surface area contributed by atoms with E-state index in [1.54, 1.807) is 24.5 Å². The van der Waals surface area contributed by atoms with Gasteiger partial charge < -0.3 is 5.32 Å². The lowest BCUT2D eigenvalue weighted by molar-refractivity contribution is -0.137. The second-order valence-corrected chi connectivity index (χ2v) is 6.12. The zero-order valence-corrected chi connectivity index (χ0v) is 13.5. The molecule has 0 radical (unpaired) electrons. The van der Waals surface area contributed by atoms with Crippen molar-refractivity contribution in [2.45, 2.75) is 25.2 Å². The Bertz CT molecular complexity index is 717. The molecule has 1 aromatic heterocycles. The standard InChI is InChI=1S/C18H18F3N3O/c19-18(20,21)15-3-1-13(2-4-15)11-24-10-7-16(12-24)23-17(25)14-5-8-22-9-6-14/h1-6,8-9,16H,7,10-12H2,(H,23,25). The van der Waals surface area contributed by atoms with E-state index < -0.39 is 11.7 Å². The van der Waals surface area contributed by atoms with Gasteiger partial charge in [0, 0.05) is 43.6 Å². The fourth-order valence-corrected chi connectivity index (χ4v) is 2.92. The van der Waals surface area contributed by atoms with Gasteiger partial charge in [0.25, 0.3) is 5.91 Å². The molecule has 1 N–H and O–H groups in total. The normalized spacial score (nSPS) is 18.3. The van der Waals surface area contributed by atoms with E-state index in [0.29, 0.717) is 18.7 Å².